The summed E-state index contributed by atoms with van der Waals surface area (Å²) in [5.41, 5.74) is 0.341. The standard InChI is InChI=1S/C13H12ClFO2/c14-12-4-1-5-13(15)11(12)8-9(16)7-10-3-2-6-17-10/h1-6,9,16H,7-8H2. The zero-order valence-corrected chi connectivity index (χ0v) is 9.82. The normalized spacial score (nSPS) is 12.6. The van der Waals surface area contributed by atoms with Crippen LogP contribution in [0.15, 0.2) is 41.0 Å². The fourth-order valence-electron chi connectivity index (χ4n) is 1.70. The highest BCUT2D eigenvalue weighted by Crippen LogP contribution is 2.21. The third-order valence-electron chi connectivity index (χ3n) is 2.52. The van der Waals surface area contributed by atoms with Crippen LogP contribution in [0.1, 0.15) is 11.3 Å². The van der Waals surface area contributed by atoms with Crippen LogP contribution in [0.4, 0.5) is 4.39 Å². The van der Waals surface area contributed by atoms with Crippen molar-refractivity contribution in [2.24, 2.45) is 0 Å². The van der Waals surface area contributed by atoms with Gasteiger partial charge in [0.1, 0.15) is 11.6 Å². The van der Waals surface area contributed by atoms with E-state index in [2.05, 4.69) is 0 Å². The molecular formula is C13H12ClFO2. The van der Waals surface area contributed by atoms with Gasteiger partial charge in [-0.2, -0.15) is 0 Å². The average Bonchev–Trinajstić information content (AvgIpc) is 2.76. The number of aliphatic hydroxyl groups is 1. The maximum atomic E-state index is 13.5. The zero-order valence-electron chi connectivity index (χ0n) is 9.07. The van der Waals surface area contributed by atoms with Gasteiger partial charge in [-0.05, 0) is 24.3 Å². The van der Waals surface area contributed by atoms with Gasteiger partial charge < -0.3 is 9.52 Å². The molecule has 0 spiro atoms. The maximum absolute atomic E-state index is 13.5. The highest BCUT2D eigenvalue weighted by atomic mass is 35.5. The molecule has 1 atom stereocenters. The molecule has 2 rings (SSSR count). The second-order valence-corrected chi connectivity index (χ2v) is 4.25. The van der Waals surface area contributed by atoms with Crippen LogP contribution in [0.2, 0.25) is 5.02 Å². The molecule has 0 saturated carbocycles. The van der Waals surface area contributed by atoms with Gasteiger partial charge >= 0.3 is 0 Å². The molecule has 2 aromatic rings. The monoisotopic (exact) mass is 254 g/mol. The topological polar surface area (TPSA) is 33.4 Å². The molecule has 1 aromatic carbocycles. The summed E-state index contributed by atoms with van der Waals surface area (Å²) in [5, 5.41) is 10.2. The minimum absolute atomic E-state index is 0.173. The summed E-state index contributed by atoms with van der Waals surface area (Å²) in [5.74, 6) is 0.279. The van der Waals surface area contributed by atoms with Crippen molar-refractivity contribution in [2.75, 3.05) is 0 Å². The molecule has 1 aromatic heterocycles. The van der Waals surface area contributed by atoms with Gasteiger partial charge in [0.25, 0.3) is 0 Å². The van der Waals surface area contributed by atoms with Crippen molar-refractivity contribution in [2.45, 2.75) is 18.9 Å². The molecule has 1 N–H and O–H groups in total. The second-order valence-electron chi connectivity index (χ2n) is 3.84. The van der Waals surface area contributed by atoms with Gasteiger partial charge in [0.2, 0.25) is 0 Å². The predicted octanol–water partition coefficient (Wildman–Crippen LogP) is 3.22. The smallest absolute Gasteiger partial charge is 0.127 e. The van der Waals surface area contributed by atoms with E-state index in [0.717, 1.165) is 0 Å². The van der Waals surface area contributed by atoms with Gasteiger partial charge in [0, 0.05) is 23.4 Å². The van der Waals surface area contributed by atoms with Crippen molar-refractivity contribution >= 4 is 11.6 Å². The second kappa shape index (κ2) is 5.34. The van der Waals surface area contributed by atoms with Gasteiger partial charge in [0.15, 0.2) is 0 Å². The Morgan fingerprint density at radius 1 is 1.24 bits per heavy atom. The van der Waals surface area contributed by atoms with Crippen molar-refractivity contribution in [1.29, 1.82) is 0 Å². The minimum Gasteiger partial charge on any atom is -0.469 e. The number of rotatable bonds is 4. The SMILES string of the molecule is OC(Cc1ccco1)Cc1c(F)cccc1Cl. The molecule has 1 heterocycles. The first kappa shape index (κ1) is 12.1. The molecule has 1 unspecified atom stereocenters. The zero-order chi connectivity index (χ0) is 12.3. The largest absolute Gasteiger partial charge is 0.469 e. The van der Waals surface area contributed by atoms with Crippen molar-refractivity contribution in [3.8, 4) is 0 Å². The highest BCUT2D eigenvalue weighted by molar-refractivity contribution is 6.31. The van der Waals surface area contributed by atoms with E-state index >= 15 is 0 Å². The molecule has 90 valence electrons. The number of hydrogen-bond acceptors (Lipinski definition) is 2. The summed E-state index contributed by atoms with van der Waals surface area (Å²) in [6.07, 6.45) is 1.35. The van der Waals surface area contributed by atoms with E-state index < -0.39 is 11.9 Å². The summed E-state index contributed by atoms with van der Waals surface area (Å²) >= 11 is 5.88. The average molecular weight is 255 g/mol. The first-order valence-corrected chi connectivity index (χ1v) is 5.68. The molecular weight excluding hydrogens is 243 g/mol. The van der Waals surface area contributed by atoms with Gasteiger partial charge in [-0.25, -0.2) is 4.39 Å². The Kier molecular flexibility index (Phi) is 3.82. The molecule has 0 aliphatic carbocycles. The predicted molar refractivity (Wildman–Crippen MR) is 63.5 cm³/mol. The molecule has 2 nitrogen and oxygen atoms in total. The molecule has 0 saturated heterocycles. The lowest BCUT2D eigenvalue weighted by Gasteiger charge is -2.11. The van der Waals surface area contributed by atoms with Gasteiger partial charge in [-0.15, -0.1) is 0 Å². The lowest BCUT2D eigenvalue weighted by molar-refractivity contribution is 0.166. The number of benzene rings is 1. The molecule has 0 radical (unpaired) electrons. The third-order valence-corrected chi connectivity index (χ3v) is 2.87. The summed E-state index contributed by atoms with van der Waals surface area (Å²) in [6, 6.07) is 8.00. The Bertz CT molecular complexity index is 462. The number of furan rings is 1. The molecule has 0 bridgehead atoms. The molecule has 17 heavy (non-hydrogen) atoms. The summed E-state index contributed by atoms with van der Waals surface area (Å²) < 4.78 is 18.6. The van der Waals surface area contributed by atoms with Crippen LogP contribution in [0.25, 0.3) is 0 Å². The molecule has 0 aliphatic heterocycles. The van der Waals surface area contributed by atoms with E-state index in [1.54, 1.807) is 24.3 Å². The summed E-state index contributed by atoms with van der Waals surface area (Å²) in [4.78, 5) is 0. The molecule has 4 heteroatoms. The van der Waals surface area contributed by atoms with E-state index in [1.165, 1.54) is 12.3 Å². The van der Waals surface area contributed by atoms with Gasteiger partial charge in [-0.1, -0.05) is 17.7 Å². The van der Waals surface area contributed by atoms with Crippen LogP contribution in [-0.2, 0) is 12.8 Å². The molecule has 0 amide bonds. The van der Waals surface area contributed by atoms with Crippen LogP contribution in [0.5, 0.6) is 0 Å². The van der Waals surface area contributed by atoms with Crippen LogP contribution in [0, 0.1) is 5.82 Å². The van der Waals surface area contributed by atoms with Crippen LogP contribution < -0.4 is 0 Å². The Morgan fingerprint density at radius 3 is 2.71 bits per heavy atom. The van der Waals surface area contributed by atoms with Crippen LogP contribution >= 0.6 is 11.6 Å². The third kappa shape index (κ3) is 3.08. The first-order chi connectivity index (χ1) is 8.16. The van der Waals surface area contributed by atoms with E-state index in [-0.39, 0.29) is 6.42 Å². The first-order valence-electron chi connectivity index (χ1n) is 5.30. The van der Waals surface area contributed by atoms with E-state index in [1.807, 2.05) is 0 Å². The Labute approximate surface area is 104 Å². The Hall–Kier alpha value is -1.32. The molecule has 0 aliphatic rings. The van der Waals surface area contributed by atoms with Crippen LogP contribution in [0.3, 0.4) is 0 Å². The van der Waals surface area contributed by atoms with Crippen molar-refractivity contribution in [3.05, 3.63) is 58.8 Å². The van der Waals surface area contributed by atoms with Gasteiger partial charge in [0.05, 0.1) is 12.4 Å². The summed E-state index contributed by atoms with van der Waals surface area (Å²) in [6.45, 7) is 0. The van der Waals surface area contributed by atoms with Crippen molar-refractivity contribution < 1.29 is 13.9 Å². The highest BCUT2D eigenvalue weighted by Gasteiger charge is 2.14. The van der Waals surface area contributed by atoms with Crippen molar-refractivity contribution in [3.63, 3.8) is 0 Å². The molecule has 0 fully saturated rings. The van der Waals surface area contributed by atoms with E-state index in [9.17, 15) is 9.50 Å². The lowest BCUT2D eigenvalue weighted by atomic mass is 10.0. The fourth-order valence-corrected chi connectivity index (χ4v) is 1.94. The Balaban J connectivity index is 2.05. The minimum atomic E-state index is -0.712. The quantitative estimate of drug-likeness (QED) is 0.909. The van der Waals surface area contributed by atoms with E-state index in [0.29, 0.717) is 22.8 Å². The van der Waals surface area contributed by atoms with Crippen LogP contribution in [-0.4, -0.2) is 11.2 Å². The van der Waals surface area contributed by atoms with Crippen molar-refractivity contribution in [1.82, 2.24) is 0 Å². The lowest BCUT2D eigenvalue weighted by Crippen LogP contribution is -2.14. The maximum Gasteiger partial charge on any atom is 0.127 e. The van der Waals surface area contributed by atoms with E-state index in [4.69, 9.17) is 16.0 Å². The Morgan fingerprint density at radius 2 is 2.06 bits per heavy atom. The number of hydrogen-bond donors (Lipinski definition) is 1. The number of halogens is 2. The van der Waals surface area contributed by atoms with Gasteiger partial charge in [-0.3, -0.25) is 0 Å². The summed E-state index contributed by atoms with van der Waals surface area (Å²) in [7, 11) is 0. The fraction of sp³-hybridized carbons (Fsp3) is 0.231. The number of aliphatic hydroxyl groups excluding tert-OH is 1.